The Morgan fingerprint density at radius 1 is 1.50 bits per heavy atom. The minimum atomic E-state index is 0.218. The van der Waals surface area contributed by atoms with Crippen molar-refractivity contribution in [3.63, 3.8) is 0 Å². The monoisotopic (exact) mass is 151 g/mol. The molecule has 0 aromatic carbocycles. The Kier molecular flexibility index (Phi) is 1.31. The largest absolute Gasteiger partial charge is 0.394 e. The van der Waals surface area contributed by atoms with E-state index in [4.69, 9.17) is 28.9 Å². The molecule has 0 spiro atoms. The van der Waals surface area contributed by atoms with Crippen LogP contribution in [0.15, 0.2) is 0 Å². The minimum Gasteiger partial charge on any atom is -0.394 e. The molecule has 1 heterocycles. The molecule has 1 aromatic heterocycles. The van der Waals surface area contributed by atoms with Crippen molar-refractivity contribution in [2.24, 2.45) is 0 Å². The first-order valence-electron chi connectivity index (χ1n) is 1.86. The molecular formula is C3H3Cl2N3. The van der Waals surface area contributed by atoms with Crippen LogP contribution in [0, 0.1) is 0 Å². The Bertz CT molecular complexity index is 175. The van der Waals surface area contributed by atoms with E-state index in [2.05, 4.69) is 10.2 Å². The average Bonchev–Trinajstić information content (AvgIpc) is 1.98. The molecule has 3 N–H and O–H groups in total. The van der Waals surface area contributed by atoms with Crippen LogP contribution in [0.3, 0.4) is 0 Å². The molecule has 5 heteroatoms. The number of hydrogen-bond acceptors (Lipinski definition) is 2. The quantitative estimate of drug-likeness (QED) is 0.588. The molecule has 0 atom stereocenters. The highest BCUT2D eigenvalue weighted by atomic mass is 35.5. The molecule has 0 unspecified atom stereocenters. The molecule has 0 bridgehead atoms. The molecular weight excluding hydrogens is 149 g/mol. The van der Waals surface area contributed by atoms with Crippen molar-refractivity contribution >= 4 is 28.9 Å². The van der Waals surface area contributed by atoms with Crippen LogP contribution in [0.5, 0.6) is 0 Å². The number of aromatic nitrogens is 2. The van der Waals surface area contributed by atoms with E-state index in [-0.39, 0.29) is 10.3 Å². The molecule has 0 saturated carbocycles. The molecule has 0 amide bonds. The fourth-order valence-corrected chi connectivity index (χ4v) is 0.626. The Hall–Kier alpha value is -0.410. The molecule has 0 saturated heterocycles. The van der Waals surface area contributed by atoms with Crippen LogP contribution in [0.25, 0.3) is 0 Å². The van der Waals surface area contributed by atoms with Gasteiger partial charge < -0.3 is 5.73 Å². The summed E-state index contributed by atoms with van der Waals surface area (Å²) in [7, 11) is 0. The number of rotatable bonds is 0. The molecule has 0 fully saturated rings. The maximum atomic E-state index is 5.40. The number of nitrogens with two attached hydrogens (primary N) is 1. The SMILES string of the molecule is Nc1c(Cl)n[nH]c1Cl. The van der Waals surface area contributed by atoms with E-state index in [0.29, 0.717) is 5.69 Å². The van der Waals surface area contributed by atoms with Crippen LogP contribution in [0.4, 0.5) is 5.69 Å². The van der Waals surface area contributed by atoms with Crippen molar-refractivity contribution in [2.75, 3.05) is 5.73 Å². The number of anilines is 1. The first-order valence-corrected chi connectivity index (χ1v) is 2.62. The summed E-state index contributed by atoms with van der Waals surface area (Å²) in [6, 6.07) is 0. The normalized spacial score (nSPS) is 9.75. The predicted molar refractivity (Wildman–Crippen MR) is 33.0 cm³/mol. The van der Waals surface area contributed by atoms with E-state index in [1.807, 2.05) is 0 Å². The van der Waals surface area contributed by atoms with E-state index in [1.54, 1.807) is 0 Å². The number of nitrogens with one attached hydrogen (secondary N) is 1. The highest BCUT2D eigenvalue weighted by Gasteiger charge is 2.02. The van der Waals surface area contributed by atoms with Crippen molar-refractivity contribution in [3.8, 4) is 0 Å². The number of hydrogen-bond donors (Lipinski definition) is 2. The van der Waals surface area contributed by atoms with Crippen molar-refractivity contribution in [3.05, 3.63) is 10.3 Å². The van der Waals surface area contributed by atoms with Gasteiger partial charge in [-0.05, 0) is 0 Å². The topological polar surface area (TPSA) is 54.7 Å². The van der Waals surface area contributed by atoms with Crippen molar-refractivity contribution in [2.45, 2.75) is 0 Å². The second-order valence-corrected chi connectivity index (χ2v) is 1.98. The van der Waals surface area contributed by atoms with Crippen molar-refractivity contribution < 1.29 is 0 Å². The fourth-order valence-electron chi connectivity index (χ4n) is 0.309. The summed E-state index contributed by atoms with van der Waals surface area (Å²) in [5.41, 5.74) is 5.54. The average molecular weight is 152 g/mol. The van der Waals surface area contributed by atoms with E-state index < -0.39 is 0 Å². The first kappa shape index (κ1) is 5.72. The van der Waals surface area contributed by atoms with Gasteiger partial charge in [-0.1, -0.05) is 23.2 Å². The number of halogens is 2. The zero-order valence-corrected chi connectivity index (χ0v) is 5.29. The van der Waals surface area contributed by atoms with Crippen LogP contribution in [-0.4, -0.2) is 10.2 Å². The summed E-state index contributed by atoms with van der Waals surface area (Å²) in [6.45, 7) is 0. The van der Waals surface area contributed by atoms with Gasteiger partial charge in [0.25, 0.3) is 0 Å². The lowest BCUT2D eigenvalue weighted by molar-refractivity contribution is 1.09. The lowest BCUT2D eigenvalue weighted by atomic mass is 10.6. The Morgan fingerprint density at radius 3 is 2.25 bits per heavy atom. The highest BCUT2D eigenvalue weighted by Crippen LogP contribution is 2.22. The highest BCUT2D eigenvalue weighted by molar-refractivity contribution is 6.37. The molecule has 0 aliphatic heterocycles. The molecule has 0 aliphatic carbocycles. The van der Waals surface area contributed by atoms with Gasteiger partial charge in [0, 0.05) is 0 Å². The van der Waals surface area contributed by atoms with Gasteiger partial charge in [0.1, 0.15) is 10.8 Å². The minimum absolute atomic E-state index is 0.218. The third-order valence-corrected chi connectivity index (χ3v) is 1.29. The zero-order valence-electron chi connectivity index (χ0n) is 3.78. The molecule has 3 nitrogen and oxygen atoms in total. The third kappa shape index (κ3) is 0.743. The number of H-pyrrole nitrogens is 1. The number of aromatic amines is 1. The summed E-state index contributed by atoms with van der Waals surface area (Å²) in [5.74, 6) is 0. The molecule has 44 valence electrons. The third-order valence-electron chi connectivity index (χ3n) is 0.711. The summed E-state index contributed by atoms with van der Waals surface area (Å²) in [6.07, 6.45) is 0. The predicted octanol–water partition coefficient (Wildman–Crippen LogP) is 1.30. The second kappa shape index (κ2) is 1.84. The fraction of sp³-hybridized carbons (Fsp3) is 0. The number of nitrogen functional groups attached to an aromatic ring is 1. The Morgan fingerprint density at radius 2 is 2.12 bits per heavy atom. The van der Waals surface area contributed by atoms with E-state index >= 15 is 0 Å². The van der Waals surface area contributed by atoms with Crippen molar-refractivity contribution in [1.29, 1.82) is 0 Å². The van der Waals surface area contributed by atoms with Gasteiger partial charge in [0.2, 0.25) is 0 Å². The second-order valence-electron chi connectivity index (χ2n) is 1.24. The van der Waals surface area contributed by atoms with E-state index in [1.165, 1.54) is 0 Å². The van der Waals surface area contributed by atoms with E-state index in [9.17, 15) is 0 Å². The number of nitrogens with zero attached hydrogens (tertiary/aromatic N) is 1. The standard InChI is InChI=1S/C3H3Cl2N3/c4-2-1(6)3(5)8-7-2/h6H2,(H,7,8). The Balaban J connectivity index is 3.19. The van der Waals surface area contributed by atoms with Crippen LogP contribution in [0.2, 0.25) is 10.3 Å². The lowest BCUT2D eigenvalue weighted by Crippen LogP contribution is -1.80. The molecule has 8 heavy (non-hydrogen) atoms. The molecule has 1 aromatic rings. The Labute approximate surface area is 55.8 Å². The first-order chi connectivity index (χ1) is 3.72. The van der Waals surface area contributed by atoms with Crippen molar-refractivity contribution in [1.82, 2.24) is 10.2 Å². The summed E-state index contributed by atoms with van der Waals surface area (Å²) < 4.78 is 0. The lowest BCUT2D eigenvalue weighted by Gasteiger charge is -1.80. The van der Waals surface area contributed by atoms with Gasteiger partial charge in [0.05, 0.1) is 0 Å². The van der Waals surface area contributed by atoms with Gasteiger partial charge in [-0.2, -0.15) is 5.10 Å². The molecule has 0 radical (unpaired) electrons. The van der Waals surface area contributed by atoms with Crippen LogP contribution >= 0.6 is 23.2 Å². The van der Waals surface area contributed by atoms with Gasteiger partial charge in [-0.3, -0.25) is 5.10 Å². The summed E-state index contributed by atoms with van der Waals surface area (Å²) in [5, 5.41) is 6.40. The smallest absolute Gasteiger partial charge is 0.175 e. The van der Waals surface area contributed by atoms with Gasteiger partial charge >= 0.3 is 0 Å². The summed E-state index contributed by atoms with van der Waals surface area (Å²) >= 11 is 10.8. The van der Waals surface area contributed by atoms with Crippen LogP contribution in [0.1, 0.15) is 0 Å². The van der Waals surface area contributed by atoms with Crippen LogP contribution < -0.4 is 5.73 Å². The van der Waals surface area contributed by atoms with Gasteiger partial charge in [0.15, 0.2) is 5.15 Å². The molecule has 1 rings (SSSR count). The van der Waals surface area contributed by atoms with E-state index in [0.717, 1.165) is 0 Å². The van der Waals surface area contributed by atoms with Gasteiger partial charge in [-0.25, -0.2) is 0 Å². The molecule has 0 aliphatic rings. The van der Waals surface area contributed by atoms with Crippen LogP contribution in [-0.2, 0) is 0 Å². The summed E-state index contributed by atoms with van der Waals surface area (Å²) in [4.78, 5) is 0. The van der Waals surface area contributed by atoms with Gasteiger partial charge in [-0.15, -0.1) is 0 Å². The maximum Gasteiger partial charge on any atom is 0.175 e. The zero-order chi connectivity index (χ0) is 6.15. The maximum absolute atomic E-state index is 5.40.